The van der Waals surface area contributed by atoms with Crippen LogP contribution in [0.3, 0.4) is 0 Å². The van der Waals surface area contributed by atoms with Crippen LogP contribution in [0.15, 0.2) is 18.2 Å². The fourth-order valence-corrected chi connectivity index (χ4v) is 1.36. The zero-order chi connectivity index (χ0) is 12.1. The van der Waals surface area contributed by atoms with Crippen molar-refractivity contribution in [3.8, 4) is 0 Å². The zero-order valence-corrected chi connectivity index (χ0v) is 9.91. The van der Waals surface area contributed by atoms with Crippen LogP contribution in [-0.2, 0) is 4.74 Å². The van der Waals surface area contributed by atoms with Crippen LogP contribution >= 0.6 is 11.6 Å². The summed E-state index contributed by atoms with van der Waals surface area (Å²) < 4.78 is 5.06. The fraction of sp³-hybridized carbons (Fsp3) is 0.364. The minimum atomic E-state index is -1.00. The van der Waals surface area contributed by atoms with Gasteiger partial charge in [0.15, 0.2) is 0 Å². The van der Waals surface area contributed by atoms with E-state index in [1.165, 1.54) is 6.07 Å². The third-order valence-electron chi connectivity index (χ3n) is 2.19. The number of halogens is 1. The van der Waals surface area contributed by atoms with Crippen molar-refractivity contribution < 1.29 is 14.6 Å². The Hall–Kier alpha value is -1.26. The molecule has 0 aromatic heterocycles. The SMILES string of the molecule is COC(C)CNc1ccc(Cl)cc1C(=O)O. The highest BCUT2D eigenvalue weighted by Gasteiger charge is 2.11. The van der Waals surface area contributed by atoms with Crippen molar-refractivity contribution in [1.29, 1.82) is 0 Å². The Kier molecular flexibility index (Phi) is 4.58. The molecule has 0 saturated heterocycles. The van der Waals surface area contributed by atoms with Crippen molar-refractivity contribution in [2.45, 2.75) is 13.0 Å². The van der Waals surface area contributed by atoms with Crippen LogP contribution < -0.4 is 5.32 Å². The summed E-state index contributed by atoms with van der Waals surface area (Å²) in [6.45, 7) is 2.43. The summed E-state index contributed by atoms with van der Waals surface area (Å²) in [5.74, 6) is -1.00. The lowest BCUT2D eigenvalue weighted by Crippen LogP contribution is -2.19. The van der Waals surface area contributed by atoms with Crippen LogP contribution in [0.1, 0.15) is 17.3 Å². The summed E-state index contributed by atoms with van der Waals surface area (Å²) in [5.41, 5.74) is 0.705. The molecular formula is C11H14ClNO3. The van der Waals surface area contributed by atoms with Crippen molar-refractivity contribution >= 4 is 23.3 Å². The standard InChI is InChI=1S/C11H14ClNO3/c1-7(16-2)6-13-10-4-3-8(12)5-9(10)11(14)15/h3-5,7,13H,6H2,1-2H3,(H,14,15). The lowest BCUT2D eigenvalue weighted by molar-refractivity contribution is 0.0697. The van der Waals surface area contributed by atoms with Gasteiger partial charge in [-0.05, 0) is 25.1 Å². The average Bonchev–Trinajstić information content (AvgIpc) is 2.26. The topological polar surface area (TPSA) is 58.6 Å². The number of anilines is 1. The van der Waals surface area contributed by atoms with Crippen molar-refractivity contribution in [1.82, 2.24) is 0 Å². The molecule has 88 valence electrons. The van der Waals surface area contributed by atoms with Gasteiger partial charge in [-0.1, -0.05) is 11.6 Å². The lowest BCUT2D eigenvalue weighted by Gasteiger charge is -2.13. The molecule has 0 fully saturated rings. The van der Waals surface area contributed by atoms with Gasteiger partial charge >= 0.3 is 5.97 Å². The monoisotopic (exact) mass is 243 g/mol. The van der Waals surface area contributed by atoms with E-state index >= 15 is 0 Å². The van der Waals surface area contributed by atoms with Gasteiger partial charge in [-0.2, -0.15) is 0 Å². The third-order valence-corrected chi connectivity index (χ3v) is 2.43. The van der Waals surface area contributed by atoms with Gasteiger partial charge in [0, 0.05) is 24.4 Å². The van der Waals surface area contributed by atoms with Crippen molar-refractivity contribution in [2.75, 3.05) is 19.0 Å². The van der Waals surface area contributed by atoms with Gasteiger partial charge in [-0.25, -0.2) is 4.79 Å². The Labute approximate surface area is 99.2 Å². The maximum Gasteiger partial charge on any atom is 0.337 e. The predicted octanol–water partition coefficient (Wildman–Crippen LogP) is 2.49. The van der Waals surface area contributed by atoms with E-state index in [1.54, 1.807) is 19.2 Å². The minimum Gasteiger partial charge on any atom is -0.478 e. The Morgan fingerprint density at radius 2 is 2.31 bits per heavy atom. The molecule has 1 aromatic rings. The number of ether oxygens (including phenoxy) is 1. The molecule has 0 aliphatic carbocycles. The number of carboxylic acids is 1. The first kappa shape index (κ1) is 12.8. The van der Waals surface area contributed by atoms with Gasteiger partial charge in [0.25, 0.3) is 0 Å². The Morgan fingerprint density at radius 1 is 1.62 bits per heavy atom. The second kappa shape index (κ2) is 5.72. The summed E-state index contributed by atoms with van der Waals surface area (Å²) in [4.78, 5) is 11.0. The van der Waals surface area contributed by atoms with Gasteiger partial charge in [0.2, 0.25) is 0 Å². The van der Waals surface area contributed by atoms with E-state index in [0.29, 0.717) is 17.3 Å². The Morgan fingerprint density at radius 3 is 2.88 bits per heavy atom. The number of benzene rings is 1. The molecule has 5 heteroatoms. The van der Waals surface area contributed by atoms with Crippen LogP contribution in [-0.4, -0.2) is 30.8 Å². The number of carboxylic acid groups (broad SMARTS) is 1. The molecule has 1 unspecified atom stereocenters. The van der Waals surface area contributed by atoms with Crippen LogP contribution in [0, 0.1) is 0 Å². The summed E-state index contributed by atoms with van der Waals surface area (Å²) in [6, 6.07) is 4.71. The molecule has 0 aliphatic rings. The Bertz CT molecular complexity index is 381. The maximum absolute atomic E-state index is 11.0. The number of rotatable bonds is 5. The molecule has 0 aliphatic heterocycles. The van der Waals surface area contributed by atoms with E-state index < -0.39 is 5.97 Å². The van der Waals surface area contributed by atoms with Gasteiger partial charge in [0.05, 0.1) is 11.7 Å². The quantitative estimate of drug-likeness (QED) is 0.834. The molecule has 1 atom stereocenters. The second-order valence-corrected chi connectivity index (χ2v) is 3.86. The van der Waals surface area contributed by atoms with Crippen molar-refractivity contribution in [3.63, 3.8) is 0 Å². The van der Waals surface area contributed by atoms with E-state index in [1.807, 2.05) is 6.92 Å². The summed E-state index contributed by atoms with van der Waals surface area (Å²) >= 11 is 5.74. The van der Waals surface area contributed by atoms with E-state index in [9.17, 15) is 4.79 Å². The molecule has 2 N–H and O–H groups in total. The first-order chi connectivity index (χ1) is 7.54. The number of nitrogens with one attached hydrogen (secondary N) is 1. The third kappa shape index (κ3) is 3.40. The zero-order valence-electron chi connectivity index (χ0n) is 9.16. The smallest absolute Gasteiger partial charge is 0.337 e. The summed E-state index contributed by atoms with van der Waals surface area (Å²) in [5, 5.41) is 12.4. The van der Waals surface area contributed by atoms with Gasteiger partial charge in [0.1, 0.15) is 0 Å². The first-order valence-electron chi connectivity index (χ1n) is 4.84. The molecule has 1 aromatic carbocycles. The molecular weight excluding hydrogens is 230 g/mol. The van der Waals surface area contributed by atoms with Gasteiger partial charge in [-0.3, -0.25) is 0 Å². The molecule has 0 radical (unpaired) electrons. The highest BCUT2D eigenvalue weighted by atomic mass is 35.5. The van der Waals surface area contributed by atoms with E-state index in [-0.39, 0.29) is 11.7 Å². The second-order valence-electron chi connectivity index (χ2n) is 3.42. The number of hydrogen-bond acceptors (Lipinski definition) is 3. The summed E-state index contributed by atoms with van der Waals surface area (Å²) in [7, 11) is 1.60. The van der Waals surface area contributed by atoms with Gasteiger partial charge < -0.3 is 15.2 Å². The van der Waals surface area contributed by atoms with E-state index in [2.05, 4.69) is 5.32 Å². The molecule has 0 amide bonds. The number of hydrogen-bond donors (Lipinski definition) is 2. The molecule has 1 rings (SSSR count). The Balaban J connectivity index is 2.82. The van der Waals surface area contributed by atoms with Crippen molar-refractivity contribution in [2.24, 2.45) is 0 Å². The van der Waals surface area contributed by atoms with Crippen LogP contribution in [0.5, 0.6) is 0 Å². The maximum atomic E-state index is 11.0. The van der Waals surface area contributed by atoms with E-state index in [0.717, 1.165) is 0 Å². The molecule has 4 nitrogen and oxygen atoms in total. The normalized spacial score (nSPS) is 12.2. The fourth-order valence-electron chi connectivity index (χ4n) is 1.18. The largest absolute Gasteiger partial charge is 0.478 e. The summed E-state index contributed by atoms with van der Waals surface area (Å²) in [6.07, 6.45) is 0.0114. The molecule has 16 heavy (non-hydrogen) atoms. The molecule has 0 bridgehead atoms. The van der Waals surface area contributed by atoms with Crippen LogP contribution in [0.2, 0.25) is 5.02 Å². The number of methoxy groups -OCH3 is 1. The number of carbonyl (C=O) groups is 1. The highest BCUT2D eigenvalue weighted by Crippen LogP contribution is 2.20. The van der Waals surface area contributed by atoms with Gasteiger partial charge in [-0.15, -0.1) is 0 Å². The van der Waals surface area contributed by atoms with Crippen LogP contribution in [0.25, 0.3) is 0 Å². The minimum absolute atomic E-state index is 0.0114. The van der Waals surface area contributed by atoms with Crippen LogP contribution in [0.4, 0.5) is 5.69 Å². The molecule has 0 spiro atoms. The lowest BCUT2D eigenvalue weighted by atomic mass is 10.1. The van der Waals surface area contributed by atoms with Crippen molar-refractivity contribution in [3.05, 3.63) is 28.8 Å². The van der Waals surface area contributed by atoms with E-state index in [4.69, 9.17) is 21.4 Å². The molecule has 0 heterocycles. The molecule has 0 saturated carbocycles. The predicted molar refractivity (Wildman–Crippen MR) is 63.4 cm³/mol. The number of aromatic carboxylic acids is 1. The first-order valence-corrected chi connectivity index (χ1v) is 5.22. The average molecular weight is 244 g/mol. The highest BCUT2D eigenvalue weighted by molar-refractivity contribution is 6.31.